The van der Waals surface area contributed by atoms with Gasteiger partial charge in [0.15, 0.2) is 0 Å². The van der Waals surface area contributed by atoms with Gasteiger partial charge in [-0.05, 0) is 55.7 Å². The van der Waals surface area contributed by atoms with E-state index in [4.69, 9.17) is 4.74 Å². The van der Waals surface area contributed by atoms with Crippen LogP contribution in [-0.4, -0.2) is 17.7 Å². The average Bonchev–Trinajstić information content (AvgIpc) is 3.14. The Kier molecular flexibility index (Phi) is 6.30. The minimum absolute atomic E-state index is 0.0985. The highest BCUT2D eigenvalue weighted by atomic mass is 31.1. The van der Waals surface area contributed by atoms with Crippen molar-refractivity contribution in [1.82, 2.24) is 0 Å². The Morgan fingerprint density at radius 2 is 1.35 bits per heavy atom. The number of carbonyl (C=O) groups is 1. The van der Waals surface area contributed by atoms with Gasteiger partial charge in [0.25, 0.3) is 0 Å². The highest BCUT2D eigenvalue weighted by molar-refractivity contribution is 7.67. The highest BCUT2D eigenvalue weighted by Gasteiger charge is 2.53. The van der Waals surface area contributed by atoms with Gasteiger partial charge in [-0.3, -0.25) is 4.79 Å². The Morgan fingerprint density at radius 3 is 1.84 bits per heavy atom. The summed E-state index contributed by atoms with van der Waals surface area (Å²) in [6, 6.07) is 32.5. The number of benzene rings is 3. The minimum atomic E-state index is -0.551. The van der Waals surface area contributed by atoms with Gasteiger partial charge in [-0.2, -0.15) is 0 Å². The molecule has 0 aliphatic carbocycles. The number of hydrogen-bond acceptors (Lipinski definition) is 2. The van der Waals surface area contributed by atoms with Gasteiger partial charge in [0, 0.05) is 11.6 Å². The first kappa shape index (κ1) is 21.8. The maximum atomic E-state index is 13.0. The van der Waals surface area contributed by atoms with Gasteiger partial charge in [0.1, 0.15) is 5.60 Å². The summed E-state index contributed by atoms with van der Waals surface area (Å²) in [5, 5.41) is 1.19. The molecule has 3 aromatic carbocycles. The van der Waals surface area contributed by atoms with E-state index in [1.54, 1.807) is 0 Å². The van der Waals surface area contributed by atoms with Crippen LogP contribution in [0.2, 0.25) is 0 Å². The van der Waals surface area contributed by atoms with Crippen LogP contribution in [0.5, 0.6) is 0 Å². The van der Waals surface area contributed by atoms with E-state index in [2.05, 4.69) is 91.0 Å². The van der Waals surface area contributed by atoms with Gasteiger partial charge >= 0.3 is 5.97 Å². The molecule has 3 heteroatoms. The van der Waals surface area contributed by atoms with E-state index in [1.807, 2.05) is 20.8 Å². The maximum Gasteiger partial charge on any atom is 0.306 e. The van der Waals surface area contributed by atoms with Crippen LogP contribution < -0.4 is 5.30 Å². The summed E-state index contributed by atoms with van der Waals surface area (Å²) in [4.78, 5) is 13.0. The lowest BCUT2D eigenvalue weighted by atomic mass is 9.77. The normalized spacial score (nSPS) is 20.4. The molecule has 0 N–H and O–H groups in total. The molecule has 0 radical (unpaired) electrons. The van der Waals surface area contributed by atoms with Crippen molar-refractivity contribution < 1.29 is 9.53 Å². The average molecular weight is 431 g/mol. The predicted octanol–water partition coefficient (Wildman–Crippen LogP) is 6.49. The van der Waals surface area contributed by atoms with Crippen LogP contribution in [0.25, 0.3) is 0 Å². The molecule has 2 atom stereocenters. The first-order valence-corrected chi connectivity index (χ1v) is 12.6. The number of rotatable bonds is 5. The fourth-order valence-electron chi connectivity index (χ4n) is 5.00. The molecule has 0 aromatic heterocycles. The Hall–Kier alpha value is -2.44. The molecule has 1 aliphatic heterocycles. The van der Waals surface area contributed by atoms with Gasteiger partial charge in [-0.25, -0.2) is 0 Å². The van der Waals surface area contributed by atoms with E-state index in [0.717, 1.165) is 12.6 Å². The van der Waals surface area contributed by atoms with Crippen molar-refractivity contribution >= 4 is 19.2 Å². The van der Waals surface area contributed by atoms with Crippen LogP contribution in [0.15, 0.2) is 91.0 Å². The molecule has 2 unspecified atom stereocenters. The quantitative estimate of drug-likeness (QED) is 0.342. The lowest BCUT2D eigenvalue weighted by Crippen LogP contribution is -2.35. The second-order valence-corrected chi connectivity index (χ2v) is 11.8. The smallest absolute Gasteiger partial charge is 0.306 e. The van der Waals surface area contributed by atoms with E-state index in [9.17, 15) is 4.79 Å². The van der Waals surface area contributed by atoms with Crippen molar-refractivity contribution in [2.45, 2.75) is 44.4 Å². The third-order valence-corrected chi connectivity index (χ3v) is 9.41. The second-order valence-electron chi connectivity index (χ2n) is 9.26. The zero-order valence-electron chi connectivity index (χ0n) is 18.6. The molecule has 1 aliphatic rings. The molecule has 1 fully saturated rings. The van der Waals surface area contributed by atoms with E-state index in [0.29, 0.717) is 6.42 Å². The summed E-state index contributed by atoms with van der Waals surface area (Å²) in [7, 11) is -0.551. The van der Waals surface area contributed by atoms with Gasteiger partial charge in [0.05, 0.1) is 0 Å². The van der Waals surface area contributed by atoms with Crippen molar-refractivity contribution in [2.24, 2.45) is 5.92 Å². The third kappa shape index (κ3) is 4.46. The van der Waals surface area contributed by atoms with Gasteiger partial charge in [-0.15, -0.1) is 0 Å². The molecule has 3 aromatic rings. The van der Waals surface area contributed by atoms with Crippen molar-refractivity contribution in [3.05, 3.63) is 102 Å². The number of esters is 1. The molecule has 0 spiro atoms. The van der Waals surface area contributed by atoms with Crippen LogP contribution in [0.4, 0.5) is 0 Å². The fourth-order valence-corrected chi connectivity index (χ4v) is 8.70. The summed E-state index contributed by atoms with van der Waals surface area (Å²) in [5.41, 5.74) is 2.14. The first-order valence-electron chi connectivity index (χ1n) is 11.1. The van der Waals surface area contributed by atoms with Crippen molar-refractivity contribution in [1.29, 1.82) is 0 Å². The molecule has 160 valence electrons. The molecule has 1 heterocycles. The van der Waals surface area contributed by atoms with Crippen LogP contribution in [0.1, 0.15) is 44.7 Å². The van der Waals surface area contributed by atoms with Crippen molar-refractivity contribution in [3.63, 3.8) is 0 Å². The molecule has 0 bridgehead atoms. The van der Waals surface area contributed by atoms with Crippen LogP contribution in [0.3, 0.4) is 0 Å². The molecular weight excluding hydrogens is 399 g/mol. The summed E-state index contributed by atoms with van der Waals surface area (Å²) >= 11 is 0. The Morgan fingerprint density at radius 1 is 0.871 bits per heavy atom. The molecular formula is C28H31O2P. The first-order chi connectivity index (χ1) is 14.9. The number of hydrogen-bond donors (Lipinski definition) is 0. The van der Waals surface area contributed by atoms with E-state index in [-0.39, 0.29) is 17.0 Å². The standard InChI is InChI=1S/C28H31O2P/c1-27(2,3)30-26(29)21-24-19-20-31(25-17-11-6-12-18-25)28(24,22-13-7-4-8-14-22)23-15-9-5-10-16-23/h4-18,24H,19-21H2,1-3H3. The zero-order valence-corrected chi connectivity index (χ0v) is 19.5. The Bertz CT molecular complexity index is 954. The number of ether oxygens (including phenoxy) is 1. The molecule has 0 saturated carbocycles. The lowest BCUT2D eigenvalue weighted by molar-refractivity contribution is -0.156. The largest absolute Gasteiger partial charge is 0.460 e. The summed E-state index contributed by atoms with van der Waals surface area (Å²) in [5.74, 6) is 0.0946. The van der Waals surface area contributed by atoms with Crippen molar-refractivity contribution in [2.75, 3.05) is 6.16 Å². The molecule has 4 rings (SSSR count). The monoisotopic (exact) mass is 430 g/mol. The lowest BCUT2D eigenvalue weighted by Gasteiger charge is -2.42. The van der Waals surface area contributed by atoms with Gasteiger partial charge in [0.2, 0.25) is 0 Å². The minimum Gasteiger partial charge on any atom is -0.460 e. The Labute approximate surface area is 187 Å². The highest BCUT2D eigenvalue weighted by Crippen LogP contribution is 2.69. The van der Waals surface area contributed by atoms with Crippen LogP contribution in [0, 0.1) is 5.92 Å². The molecule has 0 amide bonds. The third-order valence-electron chi connectivity index (χ3n) is 6.05. The predicted molar refractivity (Wildman–Crippen MR) is 130 cm³/mol. The SMILES string of the molecule is CC(C)(C)OC(=O)CC1CCP(c2ccccc2)C1(c1ccccc1)c1ccccc1. The molecule has 2 nitrogen and oxygen atoms in total. The second kappa shape index (κ2) is 8.97. The topological polar surface area (TPSA) is 26.3 Å². The van der Waals surface area contributed by atoms with E-state index < -0.39 is 13.5 Å². The Balaban J connectivity index is 1.87. The molecule has 1 saturated heterocycles. The maximum absolute atomic E-state index is 13.0. The molecule has 31 heavy (non-hydrogen) atoms. The van der Waals surface area contributed by atoms with Gasteiger partial charge in [-0.1, -0.05) is 98.9 Å². The summed E-state index contributed by atoms with van der Waals surface area (Å²) in [6.45, 7) is 5.83. The van der Waals surface area contributed by atoms with E-state index >= 15 is 0 Å². The van der Waals surface area contributed by atoms with Crippen molar-refractivity contribution in [3.8, 4) is 0 Å². The van der Waals surface area contributed by atoms with E-state index in [1.165, 1.54) is 16.4 Å². The van der Waals surface area contributed by atoms with Crippen LogP contribution >= 0.6 is 7.92 Å². The summed E-state index contributed by atoms with van der Waals surface area (Å²) < 4.78 is 5.77. The van der Waals surface area contributed by atoms with Gasteiger partial charge < -0.3 is 4.74 Å². The van der Waals surface area contributed by atoms with Crippen LogP contribution in [-0.2, 0) is 14.7 Å². The fraction of sp³-hybridized carbons (Fsp3) is 0.321. The number of carbonyl (C=O) groups excluding carboxylic acids is 1. The summed E-state index contributed by atoms with van der Waals surface area (Å²) in [6.07, 6.45) is 2.56. The zero-order chi connectivity index (χ0) is 21.9.